The molecule has 0 aliphatic carbocycles. The summed E-state index contributed by atoms with van der Waals surface area (Å²) in [6, 6.07) is 5.87. The van der Waals surface area contributed by atoms with Gasteiger partial charge in [0.15, 0.2) is 0 Å². The lowest BCUT2D eigenvalue weighted by Gasteiger charge is -2.33. The molecule has 0 unspecified atom stereocenters. The summed E-state index contributed by atoms with van der Waals surface area (Å²) in [5.41, 5.74) is 0.639. The van der Waals surface area contributed by atoms with Crippen LogP contribution in [0.25, 0.3) is 0 Å². The zero-order valence-electron chi connectivity index (χ0n) is 13.0. The maximum atomic E-state index is 12.6. The molecule has 0 N–H and O–H groups in total. The molecule has 7 nitrogen and oxygen atoms in total. The Bertz CT molecular complexity index is 710. The van der Waals surface area contributed by atoms with E-state index in [0.717, 1.165) is 4.47 Å². The van der Waals surface area contributed by atoms with Crippen molar-refractivity contribution in [1.29, 1.82) is 0 Å². The van der Waals surface area contributed by atoms with E-state index < -0.39 is 0 Å². The Morgan fingerprint density at radius 3 is 2.57 bits per heavy atom. The van der Waals surface area contributed by atoms with E-state index in [0.29, 0.717) is 49.4 Å². The largest absolute Gasteiger partial charge is 0.496 e. The van der Waals surface area contributed by atoms with Gasteiger partial charge in [-0.2, -0.15) is 0 Å². The first kappa shape index (κ1) is 15.8. The van der Waals surface area contributed by atoms with Crippen molar-refractivity contribution >= 4 is 27.9 Å². The minimum Gasteiger partial charge on any atom is -0.496 e. The van der Waals surface area contributed by atoms with Gasteiger partial charge in [-0.3, -0.25) is 4.79 Å². The zero-order chi connectivity index (χ0) is 16.4. The van der Waals surface area contributed by atoms with Crippen molar-refractivity contribution in [3.05, 3.63) is 34.1 Å². The third-order valence-corrected chi connectivity index (χ3v) is 4.37. The lowest BCUT2D eigenvalue weighted by atomic mass is 10.1. The minimum absolute atomic E-state index is 0.00899. The van der Waals surface area contributed by atoms with Crippen molar-refractivity contribution in [3.63, 3.8) is 0 Å². The zero-order valence-corrected chi connectivity index (χ0v) is 14.5. The first-order valence-corrected chi connectivity index (χ1v) is 8.05. The van der Waals surface area contributed by atoms with Crippen molar-refractivity contribution in [3.8, 4) is 5.75 Å². The number of aromatic nitrogens is 2. The highest BCUT2D eigenvalue weighted by Crippen LogP contribution is 2.26. The standard InChI is InChI=1S/C15H17BrN4O3/c1-10-17-18-15(23-10)20-7-5-19(6-8-20)14(21)11-3-4-13(22-2)12(16)9-11/h3-4,9H,5-8H2,1-2H3. The number of hydrogen-bond acceptors (Lipinski definition) is 6. The van der Waals surface area contributed by atoms with Crippen LogP contribution in [0.1, 0.15) is 16.2 Å². The van der Waals surface area contributed by atoms with E-state index in [9.17, 15) is 4.79 Å². The van der Waals surface area contributed by atoms with Gasteiger partial charge in [0.2, 0.25) is 5.89 Å². The number of nitrogens with zero attached hydrogens (tertiary/aromatic N) is 4. The van der Waals surface area contributed by atoms with Crippen LogP contribution in [0, 0.1) is 6.92 Å². The Labute approximate surface area is 142 Å². The molecule has 0 radical (unpaired) electrons. The molecule has 0 saturated carbocycles. The van der Waals surface area contributed by atoms with Crippen molar-refractivity contribution in [1.82, 2.24) is 15.1 Å². The third-order valence-electron chi connectivity index (χ3n) is 3.75. The molecule has 1 aromatic carbocycles. The molecular formula is C15H17BrN4O3. The Kier molecular flexibility index (Phi) is 4.51. The van der Waals surface area contributed by atoms with Crippen LogP contribution in [0.4, 0.5) is 6.01 Å². The second-order valence-corrected chi connectivity index (χ2v) is 6.09. The second kappa shape index (κ2) is 6.57. The van der Waals surface area contributed by atoms with E-state index in [-0.39, 0.29) is 5.91 Å². The summed E-state index contributed by atoms with van der Waals surface area (Å²) >= 11 is 3.41. The number of hydrogen-bond donors (Lipinski definition) is 0. The van der Waals surface area contributed by atoms with E-state index in [1.165, 1.54) is 0 Å². The predicted octanol–water partition coefficient (Wildman–Crippen LogP) is 2.11. The van der Waals surface area contributed by atoms with Gasteiger partial charge in [-0.25, -0.2) is 0 Å². The van der Waals surface area contributed by atoms with Crippen LogP contribution in [-0.4, -0.2) is 54.3 Å². The number of anilines is 1. The first-order chi connectivity index (χ1) is 11.1. The maximum Gasteiger partial charge on any atom is 0.318 e. The lowest BCUT2D eigenvalue weighted by molar-refractivity contribution is 0.0745. The molecule has 2 heterocycles. The van der Waals surface area contributed by atoms with Crippen LogP contribution in [0.3, 0.4) is 0 Å². The topological polar surface area (TPSA) is 71.7 Å². The van der Waals surface area contributed by atoms with Crippen molar-refractivity contribution < 1.29 is 13.9 Å². The average molecular weight is 381 g/mol. The number of piperazine rings is 1. The van der Waals surface area contributed by atoms with E-state index in [2.05, 4.69) is 26.1 Å². The highest BCUT2D eigenvalue weighted by Gasteiger charge is 2.25. The maximum absolute atomic E-state index is 12.6. The molecule has 23 heavy (non-hydrogen) atoms. The monoisotopic (exact) mass is 380 g/mol. The summed E-state index contributed by atoms with van der Waals surface area (Å²) in [5, 5.41) is 7.85. The fraction of sp³-hybridized carbons (Fsp3) is 0.400. The summed E-state index contributed by atoms with van der Waals surface area (Å²) in [4.78, 5) is 16.4. The van der Waals surface area contributed by atoms with E-state index in [1.807, 2.05) is 9.80 Å². The molecule has 0 spiro atoms. The highest BCUT2D eigenvalue weighted by atomic mass is 79.9. The summed E-state index contributed by atoms with van der Waals surface area (Å²) in [6.07, 6.45) is 0. The van der Waals surface area contributed by atoms with Gasteiger partial charge in [0.1, 0.15) is 5.75 Å². The number of amides is 1. The van der Waals surface area contributed by atoms with Crippen LogP contribution in [0.2, 0.25) is 0 Å². The Morgan fingerprint density at radius 2 is 2.00 bits per heavy atom. The minimum atomic E-state index is 0.00899. The SMILES string of the molecule is COc1ccc(C(=O)N2CCN(c3nnc(C)o3)CC2)cc1Br. The van der Waals surface area contributed by atoms with Crippen molar-refractivity contribution in [2.75, 3.05) is 38.2 Å². The Morgan fingerprint density at radius 1 is 1.26 bits per heavy atom. The van der Waals surface area contributed by atoms with Crippen molar-refractivity contribution in [2.45, 2.75) is 6.92 Å². The third kappa shape index (κ3) is 3.31. The fourth-order valence-corrected chi connectivity index (χ4v) is 3.04. The number of benzene rings is 1. The van der Waals surface area contributed by atoms with Gasteiger partial charge in [-0.05, 0) is 34.1 Å². The van der Waals surface area contributed by atoms with Crippen LogP contribution < -0.4 is 9.64 Å². The van der Waals surface area contributed by atoms with Gasteiger partial charge >= 0.3 is 6.01 Å². The van der Waals surface area contributed by atoms with E-state index in [4.69, 9.17) is 9.15 Å². The number of ether oxygens (including phenoxy) is 1. The average Bonchev–Trinajstić information content (AvgIpc) is 3.01. The van der Waals surface area contributed by atoms with Crippen LogP contribution >= 0.6 is 15.9 Å². The first-order valence-electron chi connectivity index (χ1n) is 7.26. The number of carbonyl (C=O) groups is 1. The summed E-state index contributed by atoms with van der Waals surface area (Å²) in [5.74, 6) is 1.26. The molecule has 0 bridgehead atoms. The second-order valence-electron chi connectivity index (χ2n) is 5.23. The lowest BCUT2D eigenvalue weighted by Crippen LogP contribution is -2.49. The summed E-state index contributed by atoms with van der Waals surface area (Å²) in [6.45, 7) is 4.33. The molecule has 0 atom stereocenters. The van der Waals surface area contributed by atoms with Gasteiger partial charge in [0.05, 0.1) is 11.6 Å². The molecule has 2 aromatic rings. The van der Waals surface area contributed by atoms with Crippen LogP contribution in [0.5, 0.6) is 5.75 Å². The molecule has 122 valence electrons. The number of methoxy groups -OCH3 is 1. The number of carbonyl (C=O) groups excluding carboxylic acids is 1. The summed E-state index contributed by atoms with van der Waals surface area (Å²) < 4.78 is 11.4. The van der Waals surface area contributed by atoms with Gasteiger partial charge < -0.3 is 19.0 Å². The van der Waals surface area contributed by atoms with Crippen LogP contribution in [-0.2, 0) is 0 Å². The molecule has 1 aliphatic heterocycles. The molecule has 3 rings (SSSR count). The molecule has 1 fully saturated rings. The van der Waals surface area contributed by atoms with Gasteiger partial charge in [0.25, 0.3) is 5.91 Å². The smallest absolute Gasteiger partial charge is 0.318 e. The highest BCUT2D eigenvalue weighted by molar-refractivity contribution is 9.10. The molecule has 8 heteroatoms. The van der Waals surface area contributed by atoms with E-state index >= 15 is 0 Å². The normalized spacial score (nSPS) is 14.9. The fourth-order valence-electron chi connectivity index (χ4n) is 2.50. The van der Waals surface area contributed by atoms with Gasteiger partial charge in [-0.15, -0.1) is 5.10 Å². The molecule has 1 saturated heterocycles. The number of rotatable bonds is 3. The van der Waals surface area contributed by atoms with Gasteiger partial charge in [-0.1, -0.05) is 5.10 Å². The quantitative estimate of drug-likeness (QED) is 0.811. The molecule has 1 aliphatic rings. The predicted molar refractivity (Wildman–Crippen MR) is 87.8 cm³/mol. The Balaban J connectivity index is 1.65. The summed E-state index contributed by atoms with van der Waals surface area (Å²) in [7, 11) is 1.60. The van der Waals surface area contributed by atoms with E-state index in [1.54, 1.807) is 32.2 Å². The Hall–Kier alpha value is -2.09. The number of aryl methyl sites for hydroxylation is 1. The van der Waals surface area contributed by atoms with Gasteiger partial charge in [0, 0.05) is 38.7 Å². The van der Waals surface area contributed by atoms with Crippen LogP contribution in [0.15, 0.2) is 27.1 Å². The molecular weight excluding hydrogens is 364 g/mol. The molecule has 1 amide bonds. The van der Waals surface area contributed by atoms with Crippen molar-refractivity contribution in [2.24, 2.45) is 0 Å². The molecule has 1 aromatic heterocycles. The number of halogens is 1.